The molecule has 0 amide bonds. The Morgan fingerprint density at radius 3 is 2.13 bits per heavy atom. The minimum atomic E-state index is -1.75. The van der Waals surface area contributed by atoms with Gasteiger partial charge in [-0.2, -0.15) is 0 Å². The summed E-state index contributed by atoms with van der Waals surface area (Å²) in [5.41, 5.74) is -1.71. The van der Waals surface area contributed by atoms with Crippen LogP contribution in [0.15, 0.2) is 35.5 Å². The molecular formula is C10H11F3N2. The molecule has 0 atom stereocenters. The number of benzene rings is 1. The summed E-state index contributed by atoms with van der Waals surface area (Å²) in [6, 6.07) is 8.05. The van der Waals surface area contributed by atoms with E-state index in [2.05, 4.69) is 5.21 Å². The summed E-state index contributed by atoms with van der Waals surface area (Å²) in [6.45, 7) is 2.39. The highest BCUT2D eigenvalue weighted by atomic mass is 19.4. The maximum atomic E-state index is 12.5. The molecule has 1 aromatic rings. The van der Waals surface area contributed by atoms with E-state index in [0.29, 0.717) is 5.56 Å². The molecule has 0 heterocycles. The molecule has 0 N–H and O–H groups in total. The Hall–Kier alpha value is -1.36. The summed E-state index contributed by atoms with van der Waals surface area (Å²) in [5, 5.41) is 1.39. The lowest BCUT2D eigenvalue weighted by molar-refractivity contribution is -0.198. The number of hydrogen-bond acceptors (Lipinski definition) is 2. The van der Waals surface area contributed by atoms with Gasteiger partial charge in [-0.15, -0.1) is 8.96 Å². The van der Waals surface area contributed by atoms with Gasteiger partial charge in [-0.3, -0.25) is 0 Å². The molecule has 0 radical (unpaired) electrons. The van der Waals surface area contributed by atoms with Gasteiger partial charge in [0.25, 0.3) is 0 Å². The smallest absolute Gasteiger partial charge is 0.101 e. The van der Waals surface area contributed by atoms with Gasteiger partial charge in [0.05, 0.1) is 0 Å². The Bertz CT molecular complexity index is 347. The van der Waals surface area contributed by atoms with Crippen molar-refractivity contribution in [2.75, 3.05) is 0 Å². The van der Waals surface area contributed by atoms with Crippen LogP contribution in [-0.4, -0.2) is 16.6 Å². The molecule has 0 aliphatic rings. The molecule has 0 saturated carbocycles. The van der Waals surface area contributed by atoms with Crippen LogP contribution in [0.1, 0.15) is 19.4 Å². The largest absolute Gasteiger partial charge is 0.123 e. The van der Waals surface area contributed by atoms with Gasteiger partial charge in [0.15, 0.2) is 0 Å². The Labute approximate surface area is 85.8 Å². The normalized spacial score (nSPS) is 13.3. The van der Waals surface area contributed by atoms with E-state index in [4.69, 9.17) is 0 Å². The van der Waals surface area contributed by atoms with Crippen LogP contribution in [0.5, 0.6) is 0 Å². The van der Waals surface area contributed by atoms with Crippen LogP contribution in [0, 0.1) is 0 Å². The Balaban J connectivity index is 3.12. The molecule has 0 spiro atoms. The second-order valence-electron chi connectivity index (χ2n) is 3.59. The highest BCUT2D eigenvalue weighted by Crippen LogP contribution is 2.22. The topological polar surface area (TPSA) is 15.6 Å². The fourth-order valence-electron chi connectivity index (χ4n) is 1.18. The molecule has 0 unspecified atom stereocenters. The van der Waals surface area contributed by atoms with Gasteiger partial charge in [0, 0.05) is 10.9 Å². The number of halogens is 3. The van der Waals surface area contributed by atoms with E-state index >= 15 is 0 Å². The predicted octanol–water partition coefficient (Wildman–Crippen LogP) is 3.21. The van der Waals surface area contributed by atoms with E-state index in [1.54, 1.807) is 18.2 Å². The molecule has 0 aliphatic heterocycles. The molecule has 0 aliphatic carbocycles. The van der Waals surface area contributed by atoms with Crippen LogP contribution in [0.4, 0.5) is 13.4 Å². The van der Waals surface area contributed by atoms with Crippen molar-refractivity contribution >= 4 is 5.71 Å². The number of hydrogen-bond donors (Lipinski definition) is 0. The molecule has 0 fully saturated rings. The van der Waals surface area contributed by atoms with E-state index < -0.39 is 10.9 Å². The zero-order chi connectivity index (χ0) is 11.5. The predicted molar refractivity (Wildman–Crippen MR) is 52.2 cm³/mol. The maximum Gasteiger partial charge on any atom is 0.123 e. The summed E-state index contributed by atoms with van der Waals surface area (Å²) < 4.78 is 37.5. The first-order chi connectivity index (χ1) is 7.00. The van der Waals surface area contributed by atoms with Crippen LogP contribution in [-0.2, 0) is 0 Å². The maximum absolute atomic E-state index is 12.5. The molecular weight excluding hydrogens is 205 g/mol. The van der Waals surface area contributed by atoms with E-state index in [1.165, 1.54) is 26.0 Å². The minimum absolute atomic E-state index is 0.298. The Morgan fingerprint density at radius 1 is 1.20 bits per heavy atom. The van der Waals surface area contributed by atoms with Gasteiger partial charge < -0.3 is 0 Å². The molecule has 1 rings (SSSR count). The third kappa shape index (κ3) is 2.36. The fraction of sp³-hybridized carbons (Fsp3) is 0.300. The van der Waals surface area contributed by atoms with Crippen LogP contribution in [0.25, 0.3) is 0 Å². The average molecular weight is 216 g/mol. The van der Waals surface area contributed by atoms with Gasteiger partial charge >= 0.3 is 0 Å². The Morgan fingerprint density at radius 2 is 1.73 bits per heavy atom. The molecule has 1 aromatic carbocycles. The Kier molecular flexibility index (Phi) is 3.47. The molecule has 15 heavy (non-hydrogen) atoms. The second-order valence-corrected chi connectivity index (χ2v) is 3.59. The monoisotopic (exact) mass is 216 g/mol. The zero-order valence-corrected chi connectivity index (χ0v) is 8.42. The van der Waals surface area contributed by atoms with E-state index in [0.717, 1.165) is 0 Å². The van der Waals surface area contributed by atoms with Crippen molar-refractivity contribution in [2.45, 2.75) is 19.4 Å². The molecule has 0 aromatic heterocycles. The summed E-state index contributed by atoms with van der Waals surface area (Å²) >= 11 is 0. The lowest BCUT2D eigenvalue weighted by Crippen LogP contribution is -2.41. The van der Waals surface area contributed by atoms with Gasteiger partial charge in [-0.05, 0) is 13.8 Å². The average Bonchev–Trinajstić information content (AvgIpc) is 2.19. The second kappa shape index (κ2) is 4.44. The molecule has 82 valence electrons. The van der Waals surface area contributed by atoms with Crippen LogP contribution in [0.2, 0.25) is 0 Å². The third-order valence-electron chi connectivity index (χ3n) is 2.13. The molecule has 0 bridgehead atoms. The number of rotatable bonds is 3. The molecule has 0 saturated heterocycles. The summed E-state index contributed by atoms with van der Waals surface area (Å²) in [6.07, 6.45) is 0. The lowest BCUT2D eigenvalue weighted by Gasteiger charge is -2.24. The van der Waals surface area contributed by atoms with Crippen molar-refractivity contribution in [3.63, 3.8) is 0 Å². The quantitative estimate of drug-likeness (QED) is 0.559. The van der Waals surface area contributed by atoms with Crippen LogP contribution < -0.4 is 0 Å². The zero-order valence-electron chi connectivity index (χ0n) is 8.42. The van der Waals surface area contributed by atoms with Crippen molar-refractivity contribution < 1.29 is 13.4 Å². The first kappa shape index (κ1) is 11.7. The van der Waals surface area contributed by atoms with E-state index in [-0.39, 0.29) is 5.71 Å². The summed E-state index contributed by atoms with van der Waals surface area (Å²) in [5.74, 6) is 0. The SMILES string of the molecule is CC(C)(C(=NF)c1ccccc1)N(F)F. The van der Waals surface area contributed by atoms with Gasteiger partial charge in [0.2, 0.25) is 0 Å². The highest BCUT2D eigenvalue weighted by molar-refractivity contribution is 6.06. The third-order valence-corrected chi connectivity index (χ3v) is 2.13. The van der Waals surface area contributed by atoms with E-state index in [1.807, 2.05) is 0 Å². The first-order valence-electron chi connectivity index (χ1n) is 4.36. The van der Waals surface area contributed by atoms with Gasteiger partial charge in [0.1, 0.15) is 11.3 Å². The summed E-state index contributed by atoms with van der Waals surface area (Å²) in [7, 11) is 0. The summed E-state index contributed by atoms with van der Waals surface area (Å²) in [4.78, 5) is 0. The van der Waals surface area contributed by atoms with Gasteiger partial charge in [-0.1, -0.05) is 40.0 Å². The fourth-order valence-corrected chi connectivity index (χ4v) is 1.18. The minimum Gasteiger partial charge on any atom is -0.101 e. The standard InChI is InChI=1S/C10H11F3N2/c1-10(2,15(12)13)9(14-11)8-6-4-3-5-7-8/h3-7H,1-2H3. The van der Waals surface area contributed by atoms with Crippen molar-refractivity contribution in [3.8, 4) is 0 Å². The highest BCUT2D eigenvalue weighted by Gasteiger charge is 2.35. The van der Waals surface area contributed by atoms with Crippen molar-refractivity contribution in [3.05, 3.63) is 35.9 Å². The molecule has 5 heteroatoms. The first-order valence-corrected chi connectivity index (χ1v) is 4.36. The van der Waals surface area contributed by atoms with Crippen LogP contribution in [0.3, 0.4) is 0 Å². The van der Waals surface area contributed by atoms with Crippen molar-refractivity contribution in [2.24, 2.45) is 5.21 Å². The lowest BCUT2D eigenvalue weighted by atomic mass is 9.93. The van der Waals surface area contributed by atoms with E-state index in [9.17, 15) is 13.4 Å². The van der Waals surface area contributed by atoms with Crippen molar-refractivity contribution in [1.82, 2.24) is 5.34 Å². The van der Waals surface area contributed by atoms with Crippen LogP contribution >= 0.6 is 0 Å². The van der Waals surface area contributed by atoms with Crippen molar-refractivity contribution in [1.29, 1.82) is 0 Å². The van der Waals surface area contributed by atoms with Gasteiger partial charge in [-0.25, -0.2) is 0 Å². The number of nitrogens with zero attached hydrogens (tertiary/aromatic N) is 2. The molecule has 2 nitrogen and oxygen atoms in total.